The molecule has 0 saturated carbocycles. The summed E-state index contributed by atoms with van der Waals surface area (Å²) in [6.45, 7) is 5.49. The maximum absolute atomic E-state index is 11.9. The summed E-state index contributed by atoms with van der Waals surface area (Å²) in [6, 6.07) is 7.34. The number of methoxy groups -OCH3 is 1. The number of hydrogen-bond donors (Lipinski definition) is 0. The molecule has 0 aliphatic rings. The fraction of sp³-hybridized carbons (Fsp3) is 0.333. The second kappa shape index (κ2) is 4.88. The number of nitrogens with zero attached hydrogens (tertiary/aromatic N) is 1. The summed E-state index contributed by atoms with van der Waals surface area (Å²) < 4.78 is 10.5. The number of esters is 1. The first-order chi connectivity index (χ1) is 8.89. The maximum Gasteiger partial charge on any atom is 0.357 e. The minimum absolute atomic E-state index is 0.302. The van der Waals surface area contributed by atoms with Crippen LogP contribution in [-0.4, -0.2) is 23.7 Å². The van der Waals surface area contributed by atoms with Crippen LogP contribution in [-0.2, 0) is 4.74 Å². The molecular weight excluding hydrogens is 242 g/mol. The Morgan fingerprint density at radius 2 is 1.89 bits per heavy atom. The van der Waals surface area contributed by atoms with Crippen LogP contribution in [0.5, 0.6) is 5.75 Å². The lowest BCUT2D eigenvalue weighted by Crippen LogP contribution is -2.24. The number of fused-ring (bicyclic) bond motifs is 1. The lowest BCUT2D eigenvalue weighted by Gasteiger charge is -2.19. The molecular formula is C15H17NO3. The third-order valence-corrected chi connectivity index (χ3v) is 2.54. The Morgan fingerprint density at radius 1 is 1.16 bits per heavy atom. The molecule has 0 bridgehead atoms. The third-order valence-electron chi connectivity index (χ3n) is 2.54. The Hall–Kier alpha value is -2.10. The Bertz CT molecular complexity index is 614. The number of carbonyl (C=O) groups is 1. The van der Waals surface area contributed by atoms with Crippen LogP contribution < -0.4 is 4.74 Å². The molecule has 0 N–H and O–H groups in total. The number of ether oxygens (including phenoxy) is 2. The van der Waals surface area contributed by atoms with Crippen molar-refractivity contribution in [1.82, 2.24) is 4.98 Å². The first-order valence-electron chi connectivity index (χ1n) is 6.06. The molecule has 1 heterocycles. The van der Waals surface area contributed by atoms with E-state index < -0.39 is 11.6 Å². The molecule has 0 atom stereocenters. The second-order valence-electron chi connectivity index (χ2n) is 5.28. The molecule has 1 aromatic heterocycles. The monoisotopic (exact) mass is 259 g/mol. The molecule has 0 saturated heterocycles. The van der Waals surface area contributed by atoms with Gasteiger partial charge in [0.1, 0.15) is 17.0 Å². The molecule has 2 aromatic rings. The fourth-order valence-electron chi connectivity index (χ4n) is 1.69. The van der Waals surface area contributed by atoms with E-state index >= 15 is 0 Å². The van der Waals surface area contributed by atoms with Crippen molar-refractivity contribution in [2.24, 2.45) is 0 Å². The average molecular weight is 259 g/mol. The average Bonchev–Trinajstić information content (AvgIpc) is 2.35. The van der Waals surface area contributed by atoms with Crippen molar-refractivity contribution >= 4 is 16.7 Å². The van der Waals surface area contributed by atoms with Crippen molar-refractivity contribution in [1.29, 1.82) is 0 Å². The van der Waals surface area contributed by atoms with Gasteiger partial charge in [-0.1, -0.05) is 0 Å². The number of carbonyl (C=O) groups excluding carboxylic acids is 1. The second-order valence-corrected chi connectivity index (χ2v) is 5.28. The van der Waals surface area contributed by atoms with Gasteiger partial charge in [-0.15, -0.1) is 0 Å². The Balaban J connectivity index is 2.37. The van der Waals surface area contributed by atoms with Crippen LogP contribution in [0.2, 0.25) is 0 Å². The molecule has 2 rings (SSSR count). The van der Waals surface area contributed by atoms with E-state index in [1.807, 2.05) is 39.0 Å². The van der Waals surface area contributed by atoms with Crippen molar-refractivity contribution < 1.29 is 14.3 Å². The van der Waals surface area contributed by atoms with E-state index in [1.54, 1.807) is 19.4 Å². The number of benzene rings is 1. The van der Waals surface area contributed by atoms with Crippen LogP contribution in [0.4, 0.5) is 0 Å². The molecule has 0 unspecified atom stereocenters. The summed E-state index contributed by atoms with van der Waals surface area (Å²) in [5.41, 5.74) is -0.224. The number of aromatic nitrogens is 1. The molecule has 19 heavy (non-hydrogen) atoms. The quantitative estimate of drug-likeness (QED) is 0.777. The minimum Gasteiger partial charge on any atom is -0.497 e. The number of pyridine rings is 1. The van der Waals surface area contributed by atoms with Crippen LogP contribution in [0.1, 0.15) is 31.3 Å². The van der Waals surface area contributed by atoms with Gasteiger partial charge in [-0.05, 0) is 50.4 Å². The first kappa shape index (κ1) is 13.3. The molecule has 1 aromatic carbocycles. The SMILES string of the molecule is COc1ccc2cnc(C(=O)OC(C)(C)C)cc2c1. The van der Waals surface area contributed by atoms with Crippen molar-refractivity contribution in [3.05, 3.63) is 36.2 Å². The van der Waals surface area contributed by atoms with Gasteiger partial charge < -0.3 is 9.47 Å². The number of hydrogen-bond acceptors (Lipinski definition) is 4. The molecule has 0 fully saturated rings. The zero-order valence-corrected chi connectivity index (χ0v) is 11.6. The molecule has 0 aliphatic heterocycles. The first-order valence-corrected chi connectivity index (χ1v) is 6.06. The smallest absolute Gasteiger partial charge is 0.357 e. The highest BCUT2D eigenvalue weighted by atomic mass is 16.6. The summed E-state index contributed by atoms with van der Waals surface area (Å²) in [5, 5.41) is 1.85. The normalized spacial score (nSPS) is 11.4. The van der Waals surface area contributed by atoms with Crippen LogP contribution in [0.3, 0.4) is 0 Å². The van der Waals surface area contributed by atoms with Gasteiger partial charge in [-0.3, -0.25) is 0 Å². The van der Waals surface area contributed by atoms with Gasteiger partial charge in [0.05, 0.1) is 7.11 Å². The van der Waals surface area contributed by atoms with Gasteiger partial charge >= 0.3 is 5.97 Å². The lowest BCUT2D eigenvalue weighted by atomic mass is 10.1. The molecule has 0 spiro atoms. The Kier molecular flexibility index (Phi) is 3.42. The van der Waals surface area contributed by atoms with Crippen LogP contribution in [0.15, 0.2) is 30.5 Å². The van der Waals surface area contributed by atoms with E-state index in [9.17, 15) is 4.79 Å². The molecule has 0 radical (unpaired) electrons. The van der Waals surface area contributed by atoms with Crippen molar-refractivity contribution in [3.63, 3.8) is 0 Å². The molecule has 4 heteroatoms. The van der Waals surface area contributed by atoms with Gasteiger partial charge in [0.2, 0.25) is 0 Å². The van der Waals surface area contributed by atoms with Crippen LogP contribution in [0.25, 0.3) is 10.8 Å². The molecule has 0 amide bonds. The largest absolute Gasteiger partial charge is 0.497 e. The summed E-state index contributed by atoms with van der Waals surface area (Å²) in [5.74, 6) is 0.325. The van der Waals surface area contributed by atoms with E-state index in [2.05, 4.69) is 4.98 Å². The standard InChI is InChI=1S/C15H17NO3/c1-15(2,3)19-14(17)13-8-11-7-12(18-4)6-5-10(11)9-16-13/h5-9H,1-4H3. The Morgan fingerprint density at radius 3 is 2.53 bits per heavy atom. The van der Waals surface area contributed by atoms with Gasteiger partial charge in [0, 0.05) is 11.6 Å². The summed E-state index contributed by atoms with van der Waals surface area (Å²) >= 11 is 0. The highest BCUT2D eigenvalue weighted by molar-refractivity contribution is 5.93. The predicted molar refractivity (Wildman–Crippen MR) is 73.5 cm³/mol. The fourth-order valence-corrected chi connectivity index (χ4v) is 1.69. The van der Waals surface area contributed by atoms with E-state index in [0.717, 1.165) is 16.5 Å². The highest BCUT2D eigenvalue weighted by Gasteiger charge is 2.19. The van der Waals surface area contributed by atoms with Crippen LogP contribution >= 0.6 is 0 Å². The number of rotatable bonds is 2. The summed E-state index contributed by atoms with van der Waals surface area (Å²) in [6.07, 6.45) is 1.66. The maximum atomic E-state index is 11.9. The van der Waals surface area contributed by atoms with Gasteiger partial charge in [-0.2, -0.15) is 0 Å². The van der Waals surface area contributed by atoms with E-state index in [1.165, 1.54) is 0 Å². The predicted octanol–water partition coefficient (Wildman–Crippen LogP) is 3.20. The van der Waals surface area contributed by atoms with Crippen molar-refractivity contribution in [2.75, 3.05) is 7.11 Å². The third kappa shape index (κ3) is 3.22. The molecule has 0 aliphatic carbocycles. The zero-order valence-electron chi connectivity index (χ0n) is 11.6. The molecule has 4 nitrogen and oxygen atoms in total. The van der Waals surface area contributed by atoms with Crippen molar-refractivity contribution in [2.45, 2.75) is 26.4 Å². The summed E-state index contributed by atoms with van der Waals surface area (Å²) in [7, 11) is 1.61. The lowest BCUT2D eigenvalue weighted by molar-refractivity contribution is 0.00631. The zero-order chi connectivity index (χ0) is 14.0. The molecule has 100 valence electrons. The van der Waals surface area contributed by atoms with Crippen molar-refractivity contribution in [3.8, 4) is 5.75 Å². The summed E-state index contributed by atoms with van der Waals surface area (Å²) in [4.78, 5) is 16.1. The van der Waals surface area contributed by atoms with Gasteiger partial charge in [0.15, 0.2) is 0 Å². The minimum atomic E-state index is -0.526. The van der Waals surface area contributed by atoms with Gasteiger partial charge in [-0.25, -0.2) is 9.78 Å². The van der Waals surface area contributed by atoms with E-state index in [4.69, 9.17) is 9.47 Å². The Labute approximate surface area is 112 Å². The topological polar surface area (TPSA) is 48.4 Å². The highest BCUT2D eigenvalue weighted by Crippen LogP contribution is 2.21. The van der Waals surface area contributed by atoms with E-state index in [-0.39, 0.29) is 0 Å². The van der Waals surface area contributed by atoms with Gasteiger partial charge in [0.25, 0.3) is 0 Å². The van der Waals surface area contributed by atoms with E-state index in [0.29, 0.717) is 5.69 Å². The van der Waals surface area contributed by atoms with Crippen LogP contribution in [0, 0.1) is 0 Å².